The molecular weight excluding hydrogens is 611 g/mol. The third kappa shape index (κ3) is 6.89. The number of hydrogen-bond donors (Lipinski definition) is 1. The van der Waals surface area contributed by atoms with E-state index in [0.29, 0.717) is 47.3 Å². The number of aromatic amines is 1. The molecule has 10 nitrogen and oxygen atoms in total. The molecule has 0 radical (unpaired) electrons. The van der Waals surface area contributed by atoms with Crippen molar-refractivity contribution in [1.29, 1.82) is 0 Å². The Morgan fingerprint density at radius 2 is 1.70 bits per heavy atom. The van der Waals surface area contributed by atoms with Crippen molar-refractivity contribution >= 4 is 11.6 Å². The van der Waals surface area contributed by atoms with Crippen LogP contribution >= 0.6 is 11.6 Å². The summed E-state index contributed by atoms with van der Waals surface area (Å²) in [5, 5.41) is 8.15. The van der Waals surface area contributed by atoms with Crippen LogP contribution in [-0.2, 0) is 25.8 Å². The first-order valence-corrected chi connectivity index (χ1v) is 15.3. The van der Waals surface area contributed by atoms with Gasteiger partial charge in [0.05, 0.1) is 13.0 Å². The maximum atomic E-state index is 14.0. The van der Waals surface area contributed by atoms with Crippen molar-refractivity contribution in [3.63, 3.8) is 0 Å². The lowest BCUT2D eigenvalue weighted by atomic mass is 9.98. The topological polar surface area (TPSA) is 133 Å². The second kappa shape index (κ2) is 13.5. The molecule has 0 aliphatic carbocycles. The molecule has 0 amide bonds. The van der Waals surface area contributed by atoms with E-state index < -0.39 is 11.6 Å². The molecular formula is C34H30ClFN6O4. The Hall–Kier alpha value is -5.16. The molecule has 3 aromatic heterocycles. The highest BCUT2D eigenvalue weighted by Gasteiger charge is 2.19. The number of nitrogens with one attached hydrogen (secondary N) is 1. The number of hydrogen-bond acceptors (Lipinski definition) is 8. The monoisotopic (exact) mass is 640 g/mol. The zero-order valence-corrected chi connectivity index (χ0v) is 26.0. The molecule has 0 saturated heterocycles. The van der Waals surface area contributed by atoms with Gasteiger partial charge in [-0.1, -0.05) is 83.8 Å². The first-order valence-electron chi connectivity index (χ1n) is 14.9. The van der Waals surface area contributed by atoms with Crippen molar-refractivity contribution in [2.75, 3.05) is 0 Å². The zero-order chi connectivity index (χ0) is 32.2. The smallest absolute Gasteiger partial charge is 0.339 e. The van der Waals surface area contributed by atoms with E-state index in [9.17, 15) is 14.0 Å². The van der Waals surface area contributed by atoms with Crippen molar-refractivity contribution in [1.82, 2.24) is 29.8 Å². The van der Waals surface area contributed by atoms with Crippen LogP contribution in [0.15, 0.2) is 85.4 Å². The van der Waals surface area contributed by atoms with Gasteiger partial charge in [-0.2, -0.15) is 4.98 Å². The number of benzene rings is 3. The number of H-pyrrole nitrogens is 1. The number of unbranched alkanes of at least 4 members (excludes halogenated alkanes) is 1. The molecule has 6 aromatic rings. The van der Waals surface area contributed by atoms with Crippen LogP contribution in [0.1, 0.15) is 59.7 Å². The van der Waals surface area contributed by atoms with Crippen LogP contribution < -0.4 is 11.3 Å². The van der Waals surface area contributed by atoms with Gasteiger partial charge in [-0.3, -0.25) is 18.9 Å². The summed E-state index contributed by atoms with van der Waals surface area (Å²) in [5.74, 6) is 0.626. The molecule has 12 heteroatoms. The van der Waals surface area contributed by atoms with Gasteiger partial charge in [0.2, 0.25) is 5.89 Å². The van der Waals surface area contributed by atoms with E-state index in [0.717, 1.165) is 35.1 Å². The van der Waals surface area contributed by atoms with E-state index in [-0.39, 0.29) is 29.3 Å². The first-order chi connectivity index (χ1) is 22.3. The number of rotatable bonds is 11. The number of aromatic nitrogens is 6. The van der Waals surface area contributed by atoms with Gasteiger partial charge in [-0.15, -0.1) is 0 Å². The fourth-order valence-electron chi connectivity index (χ4n) is 5.39. The van der Waals surface area contributed by atoms with Crippen LogP contribution in [0.3, 0.4) is 0 Å². The van der Waals surface area contributed by atoms with E-state index in [2.05, 4.69) is 27.2 Å². The highest BCUT2D eigenvalue weighted by Crippen LogP contribution is 2.30. The summed E-state index contributed by atoms with van der Waals surface area (Å²) >= 11 is 5.98. The van der Waals surface area contributed by atoms with Gasteiger partial charge in [0.15, 0.2) is 11.6 Å². The highest BCUT2D eigenvalue weighted by atomic mass is 35.5. The lowest BCUT2D eigenvalue weighted by Crippen LogP contribution is -2.30. The van der Waals surface area contributed by atoms with Crippen LogP contribution in [-0.4, -0.2) is 29.8 Å². The fourth-order valence-corrected chi connectivity index (χ4v) is 5.63. The van der Waals surface area contributed by atoms with Crippen LogP contribution in [0, 0.1) is 12.7 Å². The highest BCUT2D eigenvalue weighted by molar-refractivity contribution is 6.30. The number of nitrogens with zero attached hydrogens (tertiary/aromatic N) is 5. The third-order valence-corrected chi connectivity index (χ3v) is 7.87. The van der Waals surface area contributed by atoms with Crippen LogP contribution in [0.25, 0.3) is 22.5 Å². The molecule has 234 valence electrons. The summed E-state index contributed by atoms with van der Waals surface area (Å²) in [6.45, 7) is 4.24. The Morgan fingerprint density at radius 1 is 0.913 bits per heavy atom. The Labute approximate surface area is 267 Å². The molecule has 1 N–H and O–H groups in total. The summed E-state index contributed by atoms with van der Waals surface area (Å²) in [5.41, 5.74) is 4.96. The van der Waals surface area contributed by atoms with Crippen LogP contribution in [0.2, 0.25) is 5.02 Å². The largest absolute Gasteiger partial charge is 0.439 e. The van der Waals surface area contributed by atoms with Crippen molar-refractivity contribution in [2.45, 2.75) is 52.5 Å². The molecule has 0 bridgehead atoms. The molecule has 0 saturated carbocycles. The van der Waals surface area contributed by atoms with Crippen molar-refractivity contribution in [3.8, 4) is 22.5 Å². The maximum Gasteiger partial charge on any atom is 0.439 e. The molecule has 6 rings (SSSR count). The van der Waals surface area contributed by atoms with E-state index in [1.165, 1.54) is 12.1 Å². The first kappa shape index (κ1) is 30.8. The molecule has 0 unspecified atom stereocenters. The van der Waals surface area contributed by atoms with Gasteiger partial charge in [-0.25, -0.2) is 14.2 Å². The van der Waals surface area contributed by atoms with Crippen molar-refractivity contribution < 1.29 is 13.4 Å². The van der Waals surface area contributed by atoms with Gasteiger partial charge in [0.25, 0.3) is 5.56 Å². The quantitative estimate of drug-likeness (QED) is 0.174. The minimum absolute atomic E-state index is 0.114. The van der Waals surface area contributed by atoms with Gasteiger partial charge in [0.1, 0.15) is 11.6 Å². The number of halogens is 2. The molecule has 0 aliphatic rings. The van der Waals surface area contributed by atoms with E-state index in [1.54, 1.807) is 10.6 Å². The standard InChI is InChI=1S/C34H30ClFN6O4/c1-3-4-9-30-37-20(2)28(18-31-38-29(40-45-31)16-22-14-24(35)17-25(36)15-22)33(43)42(30)19-21-10-12-23(13-11-21)26-7-5-6-8-27(26)32-39-34(44)46-41-32/h5-8,10-15,17H,3-4,9,16,18-19H2,1-2H3,(H,39,41,44). The van der Waals surface area contributed by atoms with Crippen LogP contribution in [0.5, 0.6) is 0 Å². The van der Waals surface area contributed by atoms with Gasteiger partial charge >= 0.3 is 5.76 Å². The average Bonchev–Trinajstić information content (AvgIpc) is 3.68. The summed E-state index contributed by atoms with van der Waals surface area (Å²) in [6, 6.07) is 19.7. The lowest BCUT2D eigenvalue weighted by Gasteiger charge is -2.16. The fraction of sp³-hybridized carbons (Fsp3) is 0.235. The van der Waals surface area contributed by atoms with Crippen LogP contribution in [0.4, 0.5) is 4.39 Å². The van der Waals surface area contributed by atoms with E-state index in [4.69, 9.17) is 25.6 Å². The normalized spacial score (nSPS) is 11.3. The molecule has 3 heterocycles. The minimum Gasteiger partial charge on any atom is -0.339 e. The molecule has 0 spiro atoms. The zero-order valence-electron chi connectivity index (χ0n) is 25.2. The summed E-state index contributed by atoms with van der Waals surface area (Å²) in [6.07, 6.45) is 2.86. The Bertz CT molecular complexity index is 2100. The molecule has 0 atom stereocenters. The van der Waals surface area contributed by atoms with E-state index in [1.807, 2.05) is 55.5 Å². The van der Waals surface area contributed by atoms with Gasteiger partial charge < -0.3 is 4.52 Å². The minimum atomic E-state index is -0.621. The lowest BCUT2D eigenvalue weighted by molar-refractivity contribution is 0.379. The van der Waals surface area contributed by atoms with Gasteiger partial charge in [0, 0.05) is 34.7 Å². The summed E-state index contributed by atoms with van der Waals surface area (Å²) in [4.78, 5) is 37.4. The van der Waals surface area contributed by atoms with E-state index >= 15 is 0 Å². The van der Waals surface area contributed by atoms with Crippen molar-refractivity contribution in [2.24, 2.45) is 0 Å². The van der Waals surface area contributed by atoms with Gasteiger partial charge in [-0.05, 0) is 53.8 Å². The van der Waals surface area contributed by atoms with Crippen molar-refractivity contribution in [3.05, 3.63) is 138 Å². The molecule has 0 aliphatic heterocycles. The molecule has 3 aromatic carbocycles. The second-order valence-electron chi connectivity index (χ2n) is 11.0. The third-order valence-electron chi connectivity index (χ3n) is 7.65. The predicted octanol–water partition coefficient (Wildman–Crippen LogP) is 6.31. The Balaban J connectivity index is 1.27. The maximum absolute atomic E-state index is 14.0. The second-order valence-corrected chi connectivity index (χ2v) is 11.4. The number of aryl methyl sites for hydroxylation is 2. The summed E-state index contributed by atoms with van der Waals surface area (Å²) in [7, 11) is 0. The Morgan fingerprint density at radius 3 is 2.41 bits per heavy atom. The Kier molecular flexibility index (Phi) is 9.02. The molecule has 46 heavy (non-hydrogen) atoms. The molecule has 0 fully saturated rings. The average molecular weight is 641 g/mol. The summed E-state index contributed by atoms with van der Waals surface area (Å²) < 4.78 is 25.7. The SMILES string of the molecule is CCCCc1nc(C)c(Cc2nc(Cc3cc(F)cc(Cl)c3)no2)c(=O)n1Cc1ccc(-c2ccccc2-c2noc(=O)[nH]2)cc1. The predicted molar refractivity (Wildman–Crippen MR) is 170 cm³/mol.